The number of aryl methyl sites for hydroxylation is 1. The van der Waals surface area contributed by atoms with Crippen molar-refractivity contribution >= 4 is 27.5 Å². The third-order valence-electron chi connectivity index (χ3n) is 2.95. The average Bonchev–Trinajstić information content (AvgIpc) is 2.45. The fourth-order valence-electron chi connectivity index (χ4n) is 1.99. The summed E-state index contributed by atoms with van der Waals surface area (Å²) in [4.78, 5) is 12.4. The van der Waals surface area contributed by atoms with E-state index >= 15 is 0 Å². The van der Waals surface area contributed by atoms with Crippen LogP contribution in [0.25, 0.3) is 0 Å². The molecular weight excluding hydrogens is 334 g/mol. The zero-order valence-electron chi connectivity index (χ0n) is 12.1. The number of amides is 1. The maximum Gasteiger partial charge on any atom is 0.259 e. The van der Waals surface area contributed by atoms with E-state index in [0.29, 0.717) is 17.1 Å². The van der Waals surface area contributed by atoms with E-state index in [1.807, 2.05) is 25.1 Å². The van der Waals surface area contributed by atoms with Crippen LogP contribution in [0.2, 0.25) is 0 Å². The van der Waals surface area contributed by atoms with Crippen molar-refractivity contribution in [3.63, 3.8) is 0 Å². The van der Waals surface area contributed by atoms with E-state index < -0.39 is 0 Å². The Morgan fingerprint density at radius 3 is 2.48 bits per heavy atom. The number of rotatable bonds is 4. The molecule has 2 rings (SSSR count). The highest BCUT2D eigenvalue weighted by molar-refractivity contribution is 9.10. The number of carbonyl (C=O) groups is 1. The summed E-state index contributed by atoms with van der Waals surface area (Å²) in [6.45, 7) is 1.97. The largest absolute Gasteiger partial charge is 0.497 e. The van der Waals surface area contributed by atoms with Gasteiger partial charge in [0.05, 0.1) is 19.8 Å². The third-order valence-corrected chi connectivity index (χ3v) is 3.41. The lowest BCUT2D eigenvalue weighted by molar-refractivity contribution is 0.102. The molecule has 0 radical (unpaired) electrons. The molecule has 0 atom stereocenters. The van der Waals surface area contributed by atoms with E-state index in [4.69, 9.17) is 9.47 Å². The molecule has 21 heavy (non-hydrogen) atoms. The van der Waals surface area contributed by atoms with Gasteiger partial charge in [0.25, 0.3) is 5.91 Å². The van der Waals surface area contributed by atoms with Crippen LogP contribution in [0.4, 0.5) is 5.69 Å². The van der Waals surface area contributed by atoms with Crippen LogP contribution in [-0.2, 0) is 0 Å². The van der Waals surface area contributed by atoms with Crippen LogP contribution in [0.15, 0.2) is 40.9 Å². The standard InChI is InChI=1S/C16H16BrNO3/c1-10-6-11(17)8-12(7-10)18-16(19)14-5-4-13(20-2)9-15(14)21-3/h4-9H,1-3H3,(H,18,19). The maximum absolute atomic E-state index is 12.4. The van der Waals surface area contributed by atoms with Gasteiger partial charge in [-0.05, 0) is 42.8 Å². The number of ether oxygens (including phenoxy) is 2. The fraction of sp³-hybridized carbons (Fsp3) is 0.188. The zero-order chi connectivity index (χ0) is 15.4. The summed E-state index contributed by atoms with van der Waals surface area (Å²) < 4.78 is 11.3. The second kappa shape index (κ2) is 6.63. The molecule has 4 nitrogen and oxygen atoms in total. The monoisotopic (exact) mass is 349 g/mol. The maximum atomic E-state index is 12.4. The van der Waals surface area contributed by atoms with Crippen molar-refractivity contribution in [3.8, 4) is 11.5 Å². The minimum absolute atomic E-state index is 0.230. The predicted molar refractivity (Wildman–Crippen MR) is 86.4 cm³/mol. The average molecular weight is 350 g/mol. The molecule has 0 spiro atoms. The Morgan fingerprint density at radius 2 is 1.86 bits per heavy atom. The van der Waals surface area contributed by atoms with E-state index in [1.165, 1.54) is 7.11 Å². The van der Waals surface area contributed by atoms with Crippen LogP contribution in [0.5, 0.6) is 11.5 Å². The molecule has 5 heteroatoms. The quantitative estimate of drug-likeness (QED) is 0.906. The van der Waals surface area contributed by atoms with Gasteiger partial charge in [-0.3, -0.25) is 4.79 Å². The highest BCUT2D eigenvalue weighted by atomic mass is 79.9. The summed E-state index contributed by atoms with van der Waals surface area (Å²) in [5.74, 6) is 0.882. The van der Waals surface area contributed by atoms with Gasteiger partial charge in [-0.1, -0.05) is 15.9 Å². The van der Waals surface area contributed by atoms with Gasteiger partial charge in [0, 0.05) is 16.2 Å². The summed E-state index contributed by atoms with van der Waals surface area (Å²) >= 11 is 3.41. The van der Waals surface area contributed by atoms with Gasteiger partial charge in [-0.15, -0.1) is 0 Å². The van der Waals surface area contributed by atoms with Gasteiger partial charge in [0.2, 0.25) is 0 Å². The number of methoxy groups -OCH3 is 2. The fourth-order valence-corrected chi connectivity index (χ4v) is 2.60. The first-order chi connectivity index (χ1) is 10.0. The van der Waals surface area contributed by atoms with E-state index in [-0.39, 0.29) is 5.91 Å². The van der Waals surface area contributed by atoms with Crippen LogP contribution in [0.3, 0.4) is 0 Å². The molecule has 110 valence electrons. The van der Waals surface area contributed by atoms with Gasteiger partial charge in [-0.2, -0.15) is 0 Å². The number of hydrogen-bond acceptors (Lipinski definition) is 3. The number of carbonyl (C=O) groups excluding carboxylic acids is 1. The highest BCUT2D eigenvalue weighted by Crippen LogP contribution is 2.26. The molecule has 0 aromatic heterocycles. The topological polar surface area (TPSA) is 47.6 Å². The number of anilines is 1. The third kappa shape index (κ3) is 3.76. The first kappa shape index (κ1) is 15.4. The van der Waals surface area contributed by atoms with Crippen LogP contribution >= 0.6 is 15.9 Å². The number of nitrogens with one attached hydrogen (secondary N) is 1. The molecule has 0 aliphatic rings. The Hall–Kier alpha value is -2.01. The van der Waals surface area contributed by atoms with Crippen molar-refractivity contribution in [2.45, 2.75) is 6.92 Å². The summed E-state index contributed by atoms with van der Waals surface area (Å²) in [7, 11) is 3.09. The summed E-state index contributed by atoms with van der Waals surface area (Å²) in [6, 6.07) is 10.8. The Kier molecular flexibility index (Phi) is 4.85. The van der Waals surface area contributed by atoms with Gasteiger partial charge in [0.1, 0.15) is 11.5 Å². The van der Waals surface area contributed by atoms with Crippen LogP contribution < -0.4 is 14.8 Å². The minimum atomic E-state index is -0.230. The number of benzene rings is 2. The number of halogens is 1. The molecule has 0 aliphatic heterocycles. The van der Waals surface area contributed by atoms with Crippen molar-refractivity contribution in [3.05, 3.63) is 52.0 Å². The molecule has 2 aromatic rings. The highest BCUT2D eigenvalue weighted by Gasteiger charge is 2.13. The molecule has 0 bridgehead atoms. The van der Waals surface area contributed by atoms with Crippen LogP contribution in [0, 0.1) is 6.92 Å². The lowest BCUT2D eigenvalue weighted by Gasteiger charge is -2.11. The number of hydrogen-bond donors (Lipinski definition) is 1. The van der Waals surface area contributed by atoms with Gasteiger partial charge in [0.15, 0.2) is 0 Å². The predicted octanol–water partition coefficient (Wildman–Crippen LogP) is 4.03. The molecule has 0 saturated heterocycles. The van der Waals surface area contributed by atoms with Crippen molar-refractivity contribution in [2.75, 3.05) is 19.5 Å². The van der Waals surface area contributed by atoms with Crippen molar-refractivity contribution < 1.29 is 14.3 Å². The van der Waals surface area contributed by atoms with E-state index in [2.05, 4.69) is 21.2 Å². The molecular formula is C16H16BrNO3. The molecule has 0 aliphatic carbocycles. The molecule has 1 N–H and O–H groups in total. The summed E-state index contributed by atoms with van der Waals surface area (Å²) in [6.07, 6.45) is 0. The summed E-state index contributed by atoms with van der Waals surface area (Å²) in [5, 5.41) is 2.86. The summed E-state index contributed by atoms with van der Waals surface area (Å²) in [5.41, 5.74) is 2.24. The minimum Gasteiger partial charge on any atom is -0.497 e. The molecule has 0 fully saturated rings. The molecule has 0 heterocycles. The second-order valence-corrected chi connectivity index (χ2v) is 5.45. The molecule has 1 amide bonds. The lowest BCUT2D eigenvalue weighted by Crippen LogP contribution is -2.13. The molecule has 2 aromatic carbocycles. The Labute approximate surface area is 132 Å². The van der Waals surface area contributed by atoms with Gasteiger partial charge < -0.3 is 14.8 Å². The first-order valence-electron chi connectivity index (χ1n) is 6.34. The smallest absolute Gasteiger partial charge is 0.259 e. The van der Waals surface area contributed by atoms with Crippen LogP contribution in [-0.4, -0.2) is 20.1 Å². The Bertz CT molecular complexity index is 650. The lowest BCUT2D eigenvalue weighted by atomic mass is 10.1. The zero-order valence-corrected chi connectivity index (χ0v) is 13.7. The second-order valence-electron chi connectivity index (χ2n) is 4.54. The SMILES string of the molecule is COc1ccc(C(=O)Nc2cc(C)cc(Br)c2)c(OC)c1. The first-order valence-corrected chi connectivity index (χ1v) is 7.13. The van der Waals surface area contributed by atoms with Crippen molar-refractivity contribution in [1.29, 1.82) is 0 Å². The van der Waals surface area contributed by atoms with E-state index in [1.54, 1.807) is 25.3 Å². The van der Waals surface area contributed by atoms with E-state index in [9.17, 15) is 4.79 Å². The van der Waals surface area contributed by atoms with Crippen molar-refractivity contribution in [1.82, 2.24) is 0 Å². The Balaban J connectivity index is 2.27. The molecule has 0 unspecified atom stereocenters. The van der Waals surface area contributed by atoms with E-state index in [0.717, 1.165) is 15.7 Å². The van der Waals surface area contributed by atoms with Gasteiger partial charge in [-0.25, -0.2) is 0 Å². The Morgan fingerprint density at radius 1 is 1.10 bits per heavy atom. The molecule has 0 saturated carbocycles. The van der Waals surface area contributed by atoms with Crippen LogP contribution in [0.1, 0.15) is 15.9 Å². The normalized spacial score (nSPS) is 10.1. The van der Waals surface area contributed by atoms with Crippen molar-refractivity contribution in [2.24, 2.45) is 0 Å². The van der Waals surface area contributed by atoms with Gasteiger partial charge >= 0.3 is 0 Å².